The molecule has 0 amide bonds. The van der Waals surface area contributed by atoms with Gasteiger partial charge in [-0.05, 0) is 24.3 Å². The normalized spacial score (nSPS) is 14.9. The van der Waals surface area contributed by atoms with E-state index < -0.39 is 17.2 Å². The molecule has 9 heteroatoms. The lowest BCUT2D eigenvalue weighted by Crippen LogP contribution is -2.19. The van der Waals surface area contributed by atoms with Crippen LogP contribution in [0.15, 0.2) is 65.1 Å². The van der Waals surface area contributed by atoms with Crippen molar-refractivity contribution in [3.63, 3.8) is 0 Å². The number of rotatable bonds is 5. The predicted molar refractivity (Wildman–Crippen MR) is 115 cm³/mol. The number of benzene rings is 3. The molecule has 1 atom stereocenters. The molecule has 0 fully saturated rings. The third-order valence-corrected chi connectivity index (χ3v) is 5.17. The van der Waals surface area contributed by atoms with Gasteiger partial charge in [-0.1, -0.05) is 46.3 Å². The third-order valence-electron chi connectivity index (χ3n) is 4.72. The summed E-state index contributed by atoms with van der Waals surface area (Å²) in [6, 6.07) is 17.0. The molecule has 0 bridgehead atoms. The highest BCUT2D eigenvalue weighted by molar-refractivity contribution is 9.10. The van der Waals surface area contributed by atoms with Gasteiger partial charge < -0.3 is 19.9 Å². The van der Waals surface area contributed by atoms with E-state index in [0.717, 1.165) is 21.7 Å². The molecule has 1 heterocycles. The number of esters is 1. The second kappa shape index (κ2) is 8.75. The van der Waals surface area contributed by atoms with Gasteiger partial charge in [0.15, 0.2) is 0 Å². The highest BCUT2D eigenvalue weighted by Crippen LogP contribution is 2.38. The molecule has 3 aromatic rings. The molecule has 0 radical (unpaired) electrons. The molecule has 8 nitrogen and oxygen atoms in total. The lowest BCUT2D eigenvalue weighted by molar-refractivity contribution is -0.383. The molecule has 2 N–H and O–H groups in total. The van der Waals surface area contributed by atoms with Crippen LogP contribution in [0.2, 0.25) is 0 Å². The van der Waals surface area contributed by atoms with E-state index in [9.17, 15) is 14.9 Å². The van der Waals surface area contributed by atoms with Gasteiger partial charge in [0, 0.05) is 27.2 Å². The lowest BCUT2D eigenvalue weighted by atomic mass is 10.1. The van der Waals surface area contributed by atoms with E-state index in [2.05, 4.69) is 15.9 Å². The Balaban J connectivity index is 1.55. The average molecular weight is 485 g/mol. The zero-order valence-electron chi connectivity index (χ0n) is 16.1. The van der Waals surface area contributed by atoms with E-state index in [1.165, 1.54) is 12.1 Å². The minimum atomic E-state index is -0.705. The van der Waals surface area contributed by atoms with Crippen LogP contribution in [0.3, 0.4) is 0 Å². The summed E-state index contributed by atoms with van der Waals surface area (Å²) < 4.78 is 18.1. The summed E-state index contributed by atoms with van der Waals surface area (Å²) in [4.78, 5) is 22.9. The first-order chi connectivity index (χ1) is 14.9. The molecule has 1 aliphatic rings. The molecule has 31 heavy (non-hydrogen) atoms. The summed E-state index contributed by atoms with van der Waals surface area (Å²) in [5.74, 6) is -0.122. The zero-order valence-corrected chi connectivity index (χ0v) is 17.7. The smallest absolute Gasteiger partial charge is 0.338 e. The predicted octanol–water partition coefficient (Wildman–Crippen LogP) is 4.90. The van der Waals surface area contributed by atoms with Crippen molar-refractivity contribution in [1.29, 1.82) is 0 Å². The van der Waals surface area contributed by atoms with Crippen LogP contribution in [0.25, 0.3) is 0 Å². The lowest BCUT2D eigenvalue weighted by Gasteiger charge is -2.28. The highest BCUT2D eigenvalue weighted by Gasteiger charge is 2.25. The minimum absolute atomic E-state index is 0.0250. The number of nitrogens with zero attached hydrogens (tertiary/aromatic N) is 1. The minimum Gasteiger partial charge on any atom is -0.460 e. The Labute approximate surface area is 185 Å². The third kappa shape index (κ3) is 4.52. The molecule has 158 valence electrons. The Morgan fingerprint density at radius 1 is 1.19 bits per heavy atom. The summed E-state index contributed by atoms with van der Waals surface area (Å²) in [7, 11) is 0. The zero-order chi connectivity index (χ0) is 22.0. The number of carbonyl (C=O) groups is 1. The molecule has 0 saturated carbocycles. The van der Waals surface area contributed by atoms with Crippen molar-refractivity contribution in [3.8, 4) is 5.75 Å². The van der Waals surface area contributed by atoms with Crippen molar-refractivity contribution in [1.82, 2.24) is 0 Å². The molecular weight excluding hydrogens is 468 g/mol. The molecular formula is C22H17BrN2O6. The fourth-order valence-corrected chi connectivity index (χ4v) is 3.77. The van der Waals surface area contributed by atoms with Crippen molar-refractivity contribution in [2.45, 2.75) is 19.5 Å². The summed E-state index contributed by atoms with van der Waals surface area (Å²) in [5, 5.41) is 11.1. The van der Waals surface area contributed by atoms with Crippen LogP contribution < -0.4 is 10.5 Å². The van der Waals surface area contributed by atoms with Crippen LogP contribution in [0.5, 0.6) is 5.75 Å². The van der Waals surface area contributed by atoms with E-state index in [1.807, 2.05) is 36.4 Å². The second-order valence-electron chi connectivity index (χ2n) is 6.83. The largest absolute Gasteiger partial charge is 0.460 e. The van der Waals surface area contributed by atoms with Gasteiger partial charge in [0.05, 0.1) is 17.1 Å². The molecule has 1 aliphatic heterocycles. The van der Waals surface area contributed by atoms with Crippen molar-refractivity contribution >= 4 is 33.3 Å². The maximum atomic E-state index is 12.5. The van der Waals surface area contributed by atoms with E-state index in [-0.39, 0.29) is 23.5 Å². The number of nitrogen functional groups attached to an aromatic ring is 1. The Bertz CT molecular complexity index is 1150. The van der Waals surface area contributed by atoms with Crippen LogP contribution in [-0.4, -0.2) is 10.9 Å². The summed E-state index contributed by atoms with van der Waals surface area (Å²) in [6.45, 7) is 0.250. The van der Waals surface area contributed by atoms with Gasteiger partial charge in [-0.25, -0.2) is 4.79 Å². The Morgan fingerprint density at radius 3 is 2.71 bits per heavy atom. The van der Waals surface area contributed by atoms with E-state index in [4.69, 9.17) is 19.9 Å². The number of nitro benzene ring substituents is 1. The average Bonchev–Trinajstić information content (AvgIpc) is 2.77. The number of hydrogen-bond donors (Lipinski definition) is 1. The number of anilines is 1. The fourth-order valence-electron chi connectivity index (χ4n) is 3.21. The van der Waals surface area contributed by atoms with E-state index >= 15 is 0 Å². The number of carbonyl (C=O) groups excluding carboxylic acids is 1. The van der Waals surface area contributed by atoms with Gasteiger partial charge in [-0.3, -0.25) is 10.1 Å². The number of ether oxygens (including phenoxy) is 3. The Morgan fingerprint density at radius 2 is 1.97 bits per heavy atom. The van der Waals surface area contributed by atoms with Crippen LogP contribution in [0.1, 0.15) is 33.3 Å². The highest BCUT2D eigenvalue weighted by atomic mass is 79.9. The first-order valence-corrected chi connectivity index (χ1v) is 10.1. The number of nitrogens with two attached hydrogens (primary N) is 1. The van der Waals surface area contributed by atoms with Crippen LogP contribution in [0, 0.1) is 10.1 Å². The quantitative estimate of drug-likeness (QED) is 0.237. The van der Waals surface area contributed by atoms with Crippen molar-refractivity contribution in [2.75, 3.05) is 5.73 Å². The van der Waals surface area contributed by atoms with Crippen molar-refractivity contribution < 1.29 is 23.9 Å². The van der Waals surface area contributed by atoms with Gasteiger partial charge in [0.2, 0.25) is 6.29 Å². The second-order valence-corrected chi connectivity index (χ2v) is 7.75. The Kier molecular flexibility index (Phi) is 5.88. The SMILES string of the molecule is Nc1ccc(C(=O)OCc2cc(Br)cc3c2O[C@H](c2ccccc2)OC3)cc1[N+](=O)[O-]. The first-order valence-electron chi connectivity index (χ1n) is 9.28. The van der Waals surface area contributed by atoms with Crippen LogP contribution in [0.4, 0.5) is 11.4 Å². The molecule has 4 rings (SSSR count). The number of hydrogen-bond acceptors (Lipinski definition) is 7. The molecule has 0 saturated heterocycles. The number of nitro groups is 1. The summed E-state index contributed by atoms with van der Waals surface area (Å²) in [6.07, 6.45) is -0.580. The van der Waals surface area contributed by atoms with Crippen molar-refractivity contribution in [2.24, 2.45) is 0 Å². The standard InChI is InChI=1S/C22H17BrN2O6/c23-17-8-15(11-29-21(26)14-6-7-18(24)19(10-14)25(27)28)20-16(9-17)12-30-22(31-20)13-4-2-1-3-5-13/h1-10,22H,11-12,24H2/t22-/m1/s1. The van der Waals surface area contributed by atoms with Gasteiger partial charge in [0.25, 0.3) is 5.69 Å². The number of halogens is 1. The first kappa shape index (κ1) is 20.8. The van der Waals surface area contributed by atoms with E-state index in [0.29, 0.717) is 17.9 Å². The molecule has 0 aliphatic carbocycles. The topological polar surface area (TPSA) is 114 Å². The molecule has 0 aromatic heterocycles. The molecule has 0 spiro atoms. The van der Waals surface area contributed by atoms with Gasteiger partial charge in [0.1, 0.15) is 18.0 Å². The summed E-state index contributed by atoms with van der Waals surface area (Å²) >= 11 is 3.45. The van der Waals surface area contributed by atoms with Crippen molar-refractivity contribution in [3.05, 3.63) is 97.5 Å². The van der Waals surface area contributed by atoms with Crippen LogP contribution >= 0.6 is 15.9 Å². The summed E-state index contributed by atoms with van der Waals surface area (Å²) in [5.41, 5.74) is 7.58. The fraction of sp³-hybridized carbons (Fsp3) is 0.136. The van der Waals surface area contributed by atoms with Gasteiger partial charge in [-0.15, -0.1) is 0 Å². The molecule has 0 unspecified atom stereocenters. The monoisotopic (exact) mass is 484 g/mol. The van der Waals surface area contributed by atoms with Gasteiger partial charge >= 0.3 is 5.97 Å². The molecule has 3 aromatic carbocycles. The number of fused-ring (bicyclic) bond motifs is 1. The van der Waals surface area contributed by atoms with E-state index in [1.54, 1.807) is 6.07 Å². The Hall–Kier alpha value is -3.43. The van der Waals surface area contributed by atoms with Gasteiger partial charge in [-0.2, -0.15) is 0 Å². The maximum absolute atomic E-state index is 12.5. The van der Waals surface area contributed by atoms with Crippen LogP contribution in [-0.2, 0) is 22.7 Å². The maximum Gasteiger partial charge on any atom is 0.338 e.